The predicted molar refractivity (Wildman–Crippen MR) is 71.7 cm³/mol. The Bertz CT molecular complexity index is 613. The third-order valence-electron chi connectivity index (χ3n) is 3.39. The Morgan fingerprint density at radius 3 is 2.67 bits per heavy atom. The van der Waals surface area contributed by atoms with Crippen LogP contribution in [0.4, 0.5) is 11.4 Å². The molecule has 110 valence electrons. The number of nitrogens with zero attached hydrogens (tertiary/aromatic N) is 3. The van der Waals surface area contributed by atoms with Crippen LogP contribution in [0.5, 0.6) is 11.5 Å². The lowest BCUT2D eigenvalue weighted by Crippen LogP contribution is -2.42. The van der Waals surface area contributed by atoms with Crippen molar-refractivity contribution in [2.24, 2.45) is 0 Å². The molecule has 0 aromatic heterocycles. The molecule has 21 heavy (non-hydrogen) atoms. The van der Waals surface area contributed by atoms with E-state index in [1.54, 1.807) is 11.0 Å². The van der Waals surface area contributed by atoms with Crippen LogP contribution in [0.2, 0.25) is 0 Å². The van der Waals surface area contributed by atoms with Crippen LogP contribution in [0, 0.1) is 21.4 Å². The van der Waals surface area contributed by atoms with Gasteiger partial charge in [-0.25, -0.2) is 0 Å². The Morgan fingerprint density at radius 2 is 2.00 bits per heavy atom. The minimum Gasteiger partial charge on any atom is -0.486 e. The number of fused-ring (bicyclic) bond motifs is 1. The van der Waals surface area contributed by atoms with Gasteiger partial charge in [-0.15, -0.1) is 0 Å². The molecular weight excluding hydrogens is 278 g/mol. The monoisotopic (exact) mass is 291 g/mol. The number of nitro groups is 1. The molecule has 0 saturated carbocycles. The summed E-state index contributed by atoms with van der Waals surface area (Å²) >= 11 is 0. The van der Waals surface area contributed by atoms with E-state index in [9.17, 15) is 10.1 Å². The van der Waals surface area contributed by atoms with Crippen molar-refractivity contribution in [3.63, 3.8) is 0 Å². The Hall–Kier alpha value is -2.53. The van der Waals surface area contributed by atoms with E-state index < -0.39 is 11.0 Å². The Kier molecular flexibility index (Phi) is 3.50. The molecule has 8 nitrogen and oxygen atoms in total. The van der Waals surface area contributed by atoms with Crippen molar-refractivity contribution in [2.75, 3.05) is 37.8 Å². The van der Waals surface area contributed by atoms with Gasteiger partial charge in [0, 0.05) is 12.6 Å². The first-order chi connectivity index (χ1) is 10.2. The standard InChI is InChI=1S/C13H13N3O5/c14-7-9-8-15(1-2-19-9)10-5-12-13(21-4-3-20-12)6-11(10)16(17)18/h5-6,9H,1-4,8H2. The van der Waals surface area contributed by atoms with E-state index in [1.165, 1.54) is 6.07 Å². The molecule has 1 aromatic rings. The first kappa shape index (κ1) is 13.5. The summed E-state index contributed by atoms with van der Waals surface area (Å²) in [6, 6.07) is 5.00. The van der Waals surface area contributed by atoms with Gasteiger partial charge in [0.05, 0.1) is 30.2 Å². The summed E-state index contributed by atoms with van der Waals surface area (Å²) in [5.74, 6) is 0.864. The maximum atomic E-state index is 11.3. The van der Waals surface area contributed by atoms with E-state index in [1.807, 2.05) is 6.07 Å². The Labute approximate surface area is 120 Å². The summed E-state index contributed by atoms with van der Waals surface area (Å²) in [6.45, 7) is 1.91. The molecule has 1 aromatic carbocycles. The Balaban J connectivity index is 2.00. The first-order valence-electron chi connectivity index (χ1n) is 6.53. The van der Waals surface area contributed by atoms with Gasteiger partial charge in [0.1, 0.15) is 18.9 Å². The first-order valence-corrected chi connectivity index (χ1v) is 6.53. The van der Waals surface area contributed by atoms with E-state index in [2.05, 4.69) is 0 Å². The quantitative estimate of drug-likeness (QED) is 0.594. The summed E-state index contributed by atoms with van der Waals surface area (Å²) in [4.78, 5) is 12.6. The maximum absolute atomic E-state index is 11.3. The zero-order valence-corrected chi connectivity index (χ0v) is 11.2. The fourth-order valence-corrected chi connectivity index (χ4v) is 2.41. The van der Waals surface area contributed by atoms with Crippen LogP contribution < -0.4 is 14.4 Å². The van der Waals surface area contributed by atoms with Gasteiger partial charge >= 0.3 is 0 Å². The topological polar surface area (TPSA) is 97.9 Å². The second-order valence-corrected chi connectivity index (χ2v) is 4.68. The van der Waals surface area contributed by atoms with Crippen molar-refractivity contribution in [3.8, 4) is 17.6 Å². The Morgan fingerprint density at radius 1 is 1.29 bits per heavy atom. The molecule has 0 bridgehead atoms. The van der Waals surface area contributed by atoms with E-state index in [0.717, 1.165) is 0 Å². The average Bonchev–Trinajstić information content (AvgIpc) is 2.53. The number of benzene rings is 1. The number of morpholine rings is 1. The third-order valence-corrected chi connectivity index (χ3v) is 3.39. The van der Waals surface area contributed by atoms with Gasteiger partial charge in [0.2, 0.25) is 0 Å². The number of ether oxygens (including phenoxy) is 3. The summed E-state index contributed by atoms with van der Waals surface area (Å²) in [6.07, 6.45) is -0.591. The molecule has 8 heteroatoms. The molecule has 0 amide bonds. The van der Waals surface area contributed by atoms with Gasteiger partial charge < -0.3 is 19.1 Å². The summed E-state index contributed by atoms with van der Waals surface area (Å²) in [5.41, 5.74) is 0.366. The SMILES string of the molecule is N#CC1CN(c2cc3c(cc2[N+](=O)[O-])OCCO3)CCO1. The highest BCUT2D eigenvalue weighted by Gasteiger charge is 2.29. The van der Waals surface area contributed by atoms with Gasteiger partial charge in [-0.1, -0.05) is 0 Å². The van der Waals surface area contributed by atoms with E-state index in [0.29, 0.717) is 43.6 Å². The molecule has 0 radical (unpaired) electrons. The molecule has 1 saturated heterocycles. The number of nitriles is 1. The molecule has 2 aliphatic rings. The number of anilines is 1. The number of rotatable bonds is 2. The van der Waals surface area contributed by atoms with E-state index >= 15 is 0 Å². The van der Waals surface area contributed by atoms with Gasteiger partial charge in [-0.2, -0.15) is 5.26 Å². The van der Waals surface area contributed by atoms with Crippen molar-refractivity contribution >= 4 is 11.4 Å². The highest BCUT2D eigenvalue weighted by Crippen LogP contribution is 2.41. The molecule has 0 aliphatic carbocycles. The lowest BCUT2D eigenvalue weighted by molar-refractivity contribution is -0.384. The van der Waals surface area contributed by atoms with Crippen LogP contribution in [-0.2, 0) is 4.74 Å². The smallest absolute Gasteiger partial charge is 0.296 e. The largest absolute Gasteiger partial charge is 0.486 e. The van der Waals surface area contributed by atoms with Crippen molar-refractivity contribution in [2.45, 2.75) is 6.10 Å². The molecule has 2 heterocycles. The van der Waals surface area contributed by atoms with Gasteiger partial charge in [0.15, 0.2) is 17.6 Å². The van der Waals surface area contributed by atoms with Gasteiger partial charge in [-0.05, 0) is 0 Å². The minimum absolute atomic E-state index is 0.0576. The van der Waals surface area contributed by atoms with Crippen LogP contribution >= 0.6 is 0 Å². The molecule has 1 fully saturated rings. The fraction of sp³-hybridized carbons (Fsp3) is 0.462. The molecule has 0 spiro atoms. The number of hydrogen-bond acceptors (Lipinski definition) is 7. The molecular formula is C13H13N3O5. The molecule has 1 atom stereocenters. The normalized spacial score (nSPS) is 20.7. The molecule has 2 aliphatic heterocycles. The van der Waals surface area contributed by atoms with Crippen molar-refractivity contribution in [1.82, 2.24) is 0 Å². The lowest BCUT2D eigenvalue weighted by Gasteiger charge is -2.32. The molecule has 1 unspecified atom stereocenters. The lowest BCUT2D eigenvalue weighted by atomic mass is 10.2. The van der Waals surface area contributed by atoms with Gasteiger partial charge in [0.25, 0.3) is 5.69 Å². The number of nitro benzene ring substituents is 1. The van der Waals surface area contributed by atoms with E-state index in [-0.39, 0.29) is 12.2 Å². The van der Waals surface area contributed by atoms with Crippen molar-refractivity contribution in [3.05, 3.63) is 22.2 Å². The molecule has 3 rings (SSSR count). The van der Waals surface area contributed by atoms with Crippen molar-refractivity contribution < 1.29 is 19.1 Å². The van der Waals surface area contributed by atoms with E-state index in [4.69, 9.17) is 19.5 Å². The fourth-order valence-electron chi connectivity index (χ4n) is 2.41. The highest BCUT2D eigenvalue weighted by molar-refractivity contribution is 5.70. The van der Waals surface area contributed by atoms with Crippen LogP contribution in [-0.4, -0.2) is 43.9 Å². The highest BCUT2D eigenvalue weighted by atomic mass is 16.6. The van der Waals surface area contributed by atoms with Crippen molar-refractivity contribution in [1.29, 1.82) is 5.26 Å². The van der Waals surface area contributed by atoms with Crippen LogP contribution in [0.15, 0.2) is 12.1 Å². The maximum Gasteiger partial charge on any atom is 0.296 e. The molecule has 0 N–H and O–H groups in total. The predicted octanol–water partition coefficient (Wildman–Crippen LogP) is 1.09. The third kappa shape index (κ3) is 2.55. The van der Waals surface area contributed by atoms with Crippen LogP contribution in [0.1, 0.15) is 0 Å². The average molecular weight is 291 g/mol. The summed E-state index contributed by atoms with van der Waals surface area (Å²) in [7, 11) is 0. The second-order valence-electron chi connectivity index (χ2n) is 4.68. The number of hydrogen-bond donors (Lipinski definition) is 0. The zero-order valence-electron chi connectivity index (χ0n) is 11.2. The van der Waals surface area contributed by atoms with Crippen LogP contribution in [0.3, 0.4) is 0 Å². The zero-order chi connectivity index (χ0) is 14.8. The van der Waals surface area contributed by atoms with Crippen LogP contribution in [0.25, 0.3) is 0 Å². The second kappa shape index (κ2) is 5.46. The van der Waals surface area contributed by atoms with Gasteiger partial charge in [-0.3, -0.25) is 10.1 Å². The summed E-state index contributed by atoms with van der Waals surface area (Å²) in [5, 5.41) is 20.2. The summed E-state index contributed by atoms with van der Waals surface area (Å²) < 4.78 is 16.1. The minimum atomic E-state index is -0.591.